The molecule has 14 nitrogen and oxygen atoms in total. The summed E-state index contributed by atoms with van der Waals surface area (Å²) >= 11 is 8.32. The van der Waals surface area contributed by atoms with E-state index in [0.29, 0.717) is 64.4 Å². The summed E-state index contributed by atoms with van der Waals surface area (Å²) < 4.78 is 23.5. The average Bonchev–Trinajstić information content (AvgIpc) is 3.83. The van der Waals surface area contributed by atoms with Crippen molar-refractivity contribution < 1.29 is 43.2 Å². The predicted molar refractivity (Wildman–Crippen MR) is 209 cm³/mol. The van der Waals surface area contributed by atoms with Crippen LogP contribution in [0.2, 0.25) is 5.02 Å². The van der Waals surface area contributed by atoms with E-state index in [1.54, 1.807) is 25.3 Å². The zero-order valence-corrected chi connectivity index (χ0v) is 34.1. The Hall–Kier alpha value is -4.21. The van der Waals surface area contributed by atoms with Crippen LogP contribution in [0, 0.1) is 30.1 Å². The van der Waals surface area contributed by atoms with Gasteiger partial charge in [0.2, 0.25) is 11.8 Å². The Bertz CT molecular complexity index is 2010. The minimum Gasteiger partial charge on any atom is -0.490 e. The SMILES string of the molecule is CC[C@@H]1C[C@]1(NC(=O)[C@@H]1C[C@@H](Oc2cc(-c3nc(C)cs3)nc3c(Cl)c(OCCOC)ccc23)CN1C(=O)[C@@H](NC(=O)O[C@@H]1C[C@@H]2C[C@@H]2C1)C(C)(C)C)C(=O)O. The second kappa shape index (κ2) is 15.6. The van der Waals surface area contributed by atoms with Gasteiger partial charge in [0, 0.05) is 36.1 Å². The van der Waals surface area contributed by atoms with Gasteiger partial charge in [-0.1, -0.05) is 45.7 Å². The van der Waals surface area contributed by atoms with Gasteiger partial charge < -0.3 is 39.6 Å². The number of likely N-dealkylation sites (tertiary alicyclic amines) is 1. The first-order valence-electron chi connectivity index (χ1n) is 19.3. The second-order valence-electron chi connectivity index (χ2n) is 16.7. The second-order valence-corrected chi connectivity index (χ2v) is 17.9. The summed E-state index contributed by atoms with van der Waals surface area (Å²) in [7, 11) is 1.58. The molecule has 1 saturated heterocycles. The topological polar surface area (TPSA) is 179 Å². The molecule has 3 aromatic rings. The van der Waals surface area contributed by atoms with Crippen molar-refractivity contribution in [3.8, 4) is 22.2 Å². The van der Waals surface area contributed by atoms with Crippen LogP contribution in [-0.2, 0) is 23.9 Å². The van der Waals surface area contributed by atoms with Gasteiger partial charge in [0.15, 0.2) is 0 Å². The van der Waals surface area contributed by atoms with Gasteiger partial charge >= 0.3 is 12.1 Å². The lowest BCUT2D eigenvalue weighted by Gasteiger charge is -2.35. The summed E-state index contributed by atoms with van der Waals surface area (Å²) in [5.41, 5.74) is -0.433. The number of ether oxygens (including phenoxy) is 4. The summed E-state index contributed by atoms with van der Waals surface area (Å²) in [5.74, 6) is -0.408. The first-order chi connectivity index (χ1) is 26.6. The highest BCUT2D eigenvalue weighted by molar-refractivity contribution is 7.13. The monoisotopic (exact) mass is 811 g/mol. The summed E-state index contributed by atoms with van der Waals surface area (Å²) in [6, 6.07) is 3.12. The third-order valence-electron chi connectivity index (χ3n) is 11.5. The molecule has 8 atom stereocenters. The number of aryl methyl sites for hydroxylation is 1. The van der Waals surface area contributed by atoms with Gasteiger partial charge in [-0.25, -0.2) is 19.6 Å². The Kier molecular flexibility index (Phi) is 11.2. The van der Waals surface area contributed by atoms with Crippen LogP contribution < -0.4 is 20.1 Å². The zero-order valence-electron chi connectivity index (χ0n) is 32.6. The molecule has 1 aliphatic heterocycles. The van der Waals surface area contributed by atoms with Crippen LogP contribution in [0.25, 0.3) is 21.6 Å². The van der Waals surface area contributed by atoms with Crippen LogP contribution in [0.15, 0.2) is 23.6 Å². The highest BCUT2D eigenvalue weighted by atomic mass is 35.5. The minimum absolute atomic E-state index is 0.0229. The molecule has 7 rings (SSSR count). The van der Waals surface area contributed by atoms with E-state index in [1.807, 2.05) is 40.0 Å². The van der Waals surface area contributed by atoms with Crippen LogP contribution in [-0.4, -0.2) is 101 Å². The summed E-state index contributed by atoms with van der Waals surface area (Å²) in [5, 5.41) is 19.2. The molecule has 0 unspecified atom stereocenters. The molecule has 0 bridgehead atoms. The molecule has 16 heteroatoms. The Labute approximate surface area is 335 Å². The number of carboxylic acid groups (broad SMARTS) is 1. The minimum atomic E-state index is -1.41. The molecule has 0 spiro atoms. The molecule has 0 radical (unpaired) electrons. The Morgan fingerprint density at radius 1 is 1.07 bits per heavy atom. The van der Waals surface area contributed by atoms with Gasteiger partial charge in [0.05, 0.1) is 18.7 Å². The van der Waals surface area contributed by atoms with E-state index in [2.05, 4.69) is 15.6 Å². The molecule has 56 heavy (non-hydrogen) atoms. The number of aliphatic carboxylic acids is 1. The Morgan fingerprint density at radius 3 is 2.45 bits per heavy atom. The predicted octanol–water partition coefficient (Wildman–Crippen LogP) is 6.00. The van der Waals surface area contributed by atoms with Crippen molar-refractivity contribution in [1.82, 2.24) is 25.5 Å². The van der Waals surface area contributed by atoms with E-state index in [4.69, 9.17) is 35.5 Å². The van der Waals surface area contributed by atoms with Crippen molar-refractivity contribution in [3.63, 3.8) is 0 Å². The fourth-order valence-corrected chi connectivity index (χ4v) is 9.27. The fraction of sp³-hybridized carbons (Fsp3) is 0.600. The number of nitrogens with zero attached hydrogens (tertiary/aromatic N) is 3. The Morgan fingerprint density at radius 2 is 1.82 bits per heavy atom. The van der Waals surface area contributed by atoms with Gasteiger partial charge in [-0.05, 0) is 67.9 Å². The number of thiazole rings is 1. The van der Waals surface area contributed by atoms with E-state index in [0.717, 1.165) is 18.5 Å². The first-order valence-corrected chi connectivity index (χ1v) is 20.5. The number of halogens is 1. The average molecular weight is 812 g/mol. The largest absolute Gasteiger partial charge is 0.490 e. The van der Waals surface area contributed by atoms with Crippen LogP contribution in [0.4, 0.5) is 4.79 Å². The third kappa shape index (κ3) is 8.12. The maximum absolute atomic E-state index is 14.7. The van der Waals surface area contributed by atoms with E-state index in [-0.39, 0.29) is 36.6 Å². The zero-order chi connectivity index (χ0) is 40.1. The molecular weight excluding hydrogens is 762 g/mol. The van der Waals surface area contributed by atoms with Crippen molar-refractivity contribution >= 4 is 57.7 Å². The molecule has 3 N–H and O–H groups in total. The number of carbonyl (C=O) groups is 4. The van der Waals surface area contributed by atoms with Gasteiger partial charge in [-0.15, -0.1) is 11.3 Å². The lowest BCUT2D eigenvalue weighted by atomic mass is 9.85. The van der Waals surface area contributed by atoms with Gasteiger partial charge in [-0.3, -0.25) is 9.59 Å². The van der Waals surface area contributed by atoms with E-state index in [1.165, 1.54) is 22.7 Å². The Balaban J connectivity index is 1.20. The van der Waals surface area contributed by atoms with Crippen LogP contribution >= 0.6 is 22.9 Å². The lowest BCUT2D eigenvalue weighted by molar-refractivity contribution is -0.146. The number of methoxy groups -OCH3 is 1. The maximum Gasteiger partial charge on any atom is 0.408 e. The molecular formula is C40H50ClN5O9S. The van der Waals surface area contributed by atoms with Crippen molar-refractivity contribution in [2.24, 2.45) is 23.2 Å². The molecule has 302 valence electrons. The van der Waals surface area contributed by atoms with Gasteiger partial charge in [-0.2, -0.15) is 0 Å². The number of carbonyl (C=O) groups excluding carboxylic acids is 3. The van der Waals surface area contributed by atoms with E-state index < -0.39 is 53.0 Å². The number of alkyl carbamates (subject to hydrolysis) is 1. The quantitative estimate of drug-likeness (QED) is 0.163. The van der Waals surface area contributed by atoms with Crippen molar-refractivity contribution in [1.29, 1.82) is 0 Å². The van der Waals surface area contributed by atoms with Crippen LogP contribution in [0.3, 0.4) is 0 Å². The first kappa shape index (κ1) is 40.0. The molecule has 4 fully saturated rings. The molecule has 3 amide bonds. The highest BCUT2D eigenvalue weighted by Crippen LogP contribution is 2.52. The summed E-state index contributed by atoms with van der Waals surface area (Å²) in [6.07, 6.45) is 2.16. The highest BCUT2D eigenvalue weighted by Gasteiger charge is 2.61. The number of benzene rings is 1. The van der Waals surface area contributed by atoms with Gasteiger partial charge in [0.25, 0.3) is 0 Å². The number of rotatable bonds is 14. The number of pyridine rings is 1. The number of carboxylic acids is 1. The third-order valence-corrected chi connectivity index (χ3v) is 12.9. The van der Waals surface area contributed by atoms with E-state index >= 15 is 0 Å². The van der Waals surface area contributed by atoms with Gasteiger partial charge in [0.1, 0.15) is 63.7 Å². The van der Waals surface area contributed by atoms with Crippen LogP contribution in [0.5, 0.6) is 11.5 Å². The maximum atomic E-state index is 14.7. The number of aromatic nitrogens is 2. The molecule has 1 aromatic carbocycles. The van der Waals surface area contributed by atoms with Crippen molar-refractivity contribution in [2.45, 2.75) is 103 Å². The molecule has 3 heterocycles. The summed E-state index contributed by atoms with van der Waals surface area (Å²) in [6.45, 7) is 9.87. The fourth-order valence-electron chi connectivity index (χ4n) is 8.26. The number of fused-ring (bicyclic) bond motifs is 2. The van der Waals surface area contributed by atoms with Crippen molar-refractivity contribution in [3.05, 3.63) is 34.3 Å². The number of nitrogens with one attached hydrogen (secondary N) is 2. The number of hydrogen-bond donors (Lipinski definition) is 3. The summed E-state index contributed by atoms with van der Waals surface area (Å²) in [4.78, 5) is 65.4. The normalized spacial score (nSPS) is 27.0. The van der Waals surface area contributed by atoms with Crippen molar-refractivity contribution in [2.75, 3.05) is 26.9 Å². The molecule has 3 saturated carbocycles. The number of amides is 3. The molecule has 4 aliphatic rings. The van der Waals surface area contributed by atoms with Crippen LogP contribution in [0.1, 0.15) is 71.9 Å². The molecule has 3 aliphatic carbocycles. The van der Waals surface area contributed by atoms with E-state index in [9.17, 15) is 24.3 Å². The standard InChI is InChI=1S/C40H50ClN5O9S/c1-7-23-17-40(23,37(49)50)45-34(47)28-15-25(18-46(28)36(48)33(39(3,4)5)44-38(51)55-24-13-21-12-22(21)14-24)54-30-16-27(35-42-20(2)19-56-35)43-32-26(30)8-9-29(31(32)41)53-11-10-52-6/h8-9,16,19,21-25,28,33H,7,10-15,17-18H2,1-6H3,(H,44,51)(H,45,47)(H,49,50)/t21-,22+,23-,24+,25-,28+,33-,40-/m1/s1. The smallest absolute Gasteiger partial charge is 0.408 e. The number of hydrogen-bond acceptors (Lipinski definition) is 11. The molecule has 2 aromatic heterocycles. The lowest BCUT2D eigenvalue weighted by Crippen LogP contribution is -2.59.